The van der Waals surface area contributed by atoms with E-state index >= 15 is 0 Å². The van der Waals surface area contributed by atoms with Crippen molar-refractivity contribution in [2.45, 2.75) is 15.3 Å². The first-order chi connectivity index (χ1) is 17.2. The number of benzene rings is 2. The third-order valence-electron chi connectivity index (χ3n) is 4.91. The van der Waals surface area contributed by atoms with Gasteiger partial charge in [0.1, 0.15) is 11.5 Å². The topological polar surface area (TPSA) is 137 Å². The summed E-state index contributed by atoms with van der Waals surface area (Å²) >= 11 is 8.29. The number of amides is 1. The number of sulfonamides is 1. The van der Waals surface area contributed by atoms with Gasteiger partial charge in [-0.2, -0.15) is 0 Å². The molecule has 36 heavy (non-hydrogen) atoms. The number of anilines is 2. The van der Waals surface area contributed by atoms with E-state index in [1.807, 2.05) is 0 Å². The number of carbonyl (C=O) groups excluding carboxylic acids is 2. The molecule has 11 nitrogen and oxygen atoms in total. The summed E-state index contributed by atoms with van der Waals surface area (Å²) in [4.78, 5) is 24.3. The molecule has 0 fully saturated rings. The summed E-state index contributed by atoms with van der Waals surface area (Å²) in [5.74, 6) is -0.325. The summed E-state index contributed by atoms with van der Waals surface area (Å²) in [7, 11) is -1.33. The van der Waals surface area contributed by atoms with Crippen molar-refractivity contribution in [1.82, 2.24) is 10.2 Å². The minimum atomic E-state index is -4.08. The van der Waals surface area contributed by atoms with E-state index < -0.39 is 28.0 Å². The Morgan fingerprint density at radius 1 is 1.22 bits per heavy atom. The van der Waals surface area contributed by atoms with Gasteiger partial charge in [0.2, 0.25) is 5.13 Å². The predicted molar refractivity (Wildman–Crippen MR) is 135 cm³/mol. The Morgan fingerprint density at radius 2 is 1.97 bits per heavy atom. The molecule has 0 saturated carbocycles. The second kappa shape index (κ2) is 10.9. The summed E-state index contributed by atoms with van der Waals surface area (Å²) < 4.78 is 44.1. The maximum absolute atomic E-state index is 13.5. The normalized spacial score (nSPS) is 15.0. The molecule has 2 heterocycles. The van der Waals surface area contributed by atoms with Crippen molar-refractivity contribution in [3.63, 3.8) is 0 Å². The molecule has 1 unspecified atom stereocenters. The fourth-order valence-corrected chi connectivity index (χ4v) is 6.37. The highest BCUT2D eigenvalue weighted by molar-refractivity contribution is 8.01. The van der Waals surface area contributed by atoms with Crippen LogP contribution in [0.2, 0.25) is 5.02 Å². The Labute approximate surface area is 219 Å². The van der Waals surface area contributed by atoms with Gasteiger partial charge in [-0.05, 0) is 42.5 Å². The van der Waals surface area contributed by atoms with Crippen LogP contribution in [0.25, 0.3) is 0 Å². The van der Waals surface area contributed by atoms with Gasteiger partial charge in [0.15, 0.2) is 10.4 Å². The Morgan fingerprint density at radius 3 is 2.67 bits per heavy atom. The summed E-state index contributed by atoms with van der Waals surface area (Å²) in [5, 5.41) is 10.9. The lowest BCUT2D eigenvalue weighted by Gasteiger charge is -2.34. The molecule has 15 heteroatoms. The third-order valence-corrected chi connectivity index (χ3v) is 8.88. The quantitative estimate of drug-likeness (QED) is 0.244. The monoisotopic (exact) mass is 570 g/mol. The van der Waals surface area contributed by atoms with Crippen molar-refractivity contribution in [3.05, 3.63) is 47.5 Å². The molecule has 1 aliphatic heterocycles. The van der Waals surface area contributed by atoms with Gasteiger partial charge < -0.3 is 14.2 Å². The first-order valence-electron chi connectivity index (χ1n) is 10.2. The minimum Gasteiger partial charge on any atom is -0.497 e. The number of carbonyl (C=O) groups is 2. The summed E-state index contributed by atoms with van der Waals surface area (Å²) in [6.45, 7) is -0.309. The number of nitrogens with zero attached hydrogens (tertiary/aromatic N) is 3. The number of nitrogens with one attached hydrogen (secondary N) is 1. The van der Waals surface area contributed by atoms with E-state index in [1.54, 1.807) is 0 Å². The predicted octanol–water partition coefficient (Wildman–Crippen LogP) is 3.06. The molecule has 1 aliphatic rings. The maximum atomic E-state index is 13.5. The van der Waals surface area contributed by atoms with Crippen LogP contribution in [0.5, 0.6) is 11.5 Å². The number of ether oxygens (including phenoxy) is 3. The van der Waals surface area contributed by atoms with E-state index in [9.17, 15) is 18.0 Å². The lowest BCUT2D eigenvalue weighted by atomic mass is 10.2. The molecule has 0 bridgehead atoms. The highest BCUT2D eigenvalue weighted by atomic mass is 35.5. The third kappa shape index (κ3) is 5.67. The van der Waals surface area contributed by atoms with Gasteiger partial charge in [0, 0.05) is 5.02 Å². The highest BCUT2D eigenvalue weighted by Crippen LogP contribution is 2.39. The fourth-order valence-electron chi connectivity index (χ4n) is 3.15. The van der Waals surface area contributed by atoms with E-state index in [0.29, 0.717) is 15.1 Å². The summed E-state index contributed by atoms with van der Waals surface area (Å²) in [6.07, 6.45) is -1.19. The van der Waals surface area contributed by atoms with E-state index in [4.69, 9.17) is 21.1 Å². The lowest BCUT2D eigenvalue weighted by Crippen LogP contribution is -2.48. The van der Waals surface area contributed by atoms with Gasteiger partial charge in [-0.1, -0.05) is 34.7 Å². The number of aromatic nitrogens is 2. The number of fused-ring (bicyclic) bond motifs is 1. The molecule has 1 aromatic heterocycles. The lowest BCUT2D eigenvalue weighted by molar-refractivity contribution is -0.137. The van der Waals surface area contributed by atoms with Crippen molar-refractivity contribution in [1.29, 1.82) is 0 Å². The molecule has 190 valence electrons. The number of thioether (sulfide) groups is 1. The van der Waals surface area contributed by atoms with Gasteiger partial charge >= 0.3 is 5.97 Å². The van der Waals surface area contributed by atoms with Gasteiger partial charge in [0.05, 0.1) is 37.1 Å². The number of hydrogen-bond acceptors (Lipinski definition) is 11. The first kappa shape index (κ1) is 26.0. The molecular formula is C21H19ClN4O7S3. The second-order valence-corrected chi connectivity index (χ2v) is 11.7. The van der Waals surface area contributed by atoms with Gasteiger partial charge in [0.25, 0.3) is 15.9 Å². The van der Waals surface area contributed by atoms with Crippen molar-refractivity contribution >= 4 is 67.4 Å². The number of rotatable bonds is 8. The van der Waals surface area contributed by atoms with E-state index in [-0.39, 0.29) is 33.8 Å². The molecule has 0 spiro atoms. The average Bonchev–Trinajstić information content (AvgIpc) is 3.33. The zero-order chi connectivity index (χ0) is 25.9. The van der Waals surface area contributed by atoms with Crippen LogP contribution in [0, 0.1) is 0 Å². The molecular weight excluding hydrogens is 552 g/mol. The zero-order valence-corrected chi connectivity index (χ0v) is 22.0. The van der Waals surface area contributed by atoms with Crippen LogP contribution in [0.15, 0.2) is 51.7 Å². The van der Waals surface area contributed by atoms with Crippen LogP contribution < -0.4 is 19.1 Å². The smallest absolute Gasteiger partial charge is 0.316 e. The first-order valence-corrected chi connectivity index (χ1v) is 13.8. The van der Waals surface area contributed by atoms with Crippen LogP contribution in [-0.2, 0) is 24.3 Å². The number of halogens is 1. The average molecular weight is 571 g/mol. The Kier molecular flexibility index (Phi) is 7.88. The molecule has 1 N–H and O–H groups in total. The molecule has 3 aromatic rings. The number of methoxy groups -OCH3 is 2. The molecule has 0 aliphatic carbocycles. The zero-order valence-electron chi connectivity index (χ0n) is 18.8. The Bertz CT molecular complexity index is 1380. The van der Waals surface area contributed by atoms with E-state index in [0.717, 1.165) is 27.4 Å². The standard InChI is InChI=1S/C21H19ClN4O7S3/c1-31-13-4-6-14(7-5-13)36(29,30)26-10-17(33-16-8-3-12(22)9-15(16)26)19(28)23-20-24-25-21(35-20)34-11-18(27)32-2/h3-9,17H,10-11H2,1-2H3,(H,23,24,28). The number of esters is 1. The Balaban J connectivity index is 1.57. The van der Waals surface area contributed by atoms with E-state index in [1.165, 1.54) is 56.7 Å². The second-order valence-electron chi connectivity index (χ2n) is 7.16. The van der Waals surface area contributed by atoms with Crippen LogP contribution in [-0.4, -0.2) is 63.1 Å². The van der Waals surface area contributed by atoms with Gasteiger partial charge in [-0.25, -0.2) is 8.42 Å². The molecule has 0 radical (unpaired) electrons. The van der Waals surface area contributed by atoms with Crippen LogP contribution >= 0.6 is 34.7 Å². The minimum absolute atomic E-state index is 0.00618. The van der Waals surface area contributed by atoms with Gasteiger partial charge in [-0.15, -0.1) is 10.2 Å². The SMILES string of the molecule is COC(=O)CSc1nnc(NC(=O)C2CN(S(=O)(=O)c3ccc(OC)cc3)c3cc(Cl)ccc3O2)s1. The molecule has 2 aromatic carbocycles. The number of hydrogen-bond donors (Lipinski definition) is 1. The van der Waals surface area contributed by atoms with Crippen LogP contribution in [0.3, 0.4) is 0 Å². The molecule has 1 atom stereocenters. The van der Waals surface area contributed by atoms with Crippen LogP contribution in [0.4, 0.5) is 10.8 Å². The molecule has 0 saturated heterocycles. The largest absolute Gasteiger partial charge is 0.497 e. The van der Waals surface area contributed by atoms with Crippen molar-refractivity contribution in [3.8, 4) is 11.5 Å². The van der Waals surface area contributed by atoms with Crippen LogP contribution in [0.1, 0.15) is 0 Å². The molecule has 1 amide bonds. The maximum Gasteiger partial charge on any atom is 0.316 e. The molecule has 4 rings (SSSR count). The van der Waals surface area contributed by atoms with Gasteiger partial charge in [-0.3, -0.25) is 19.2 Å². The summed E-state index contributed by atoms with van der Waals surface area (Å²) in [6, 6.07) is 10.4. The highest BCUT2D eigenvalue weighted by Gasteiger charge is 2.38. The van der Waals surface area contributed by atoms with E-state index in [2.05, 4.69) is 20.3 Å². The summed E-state index contributed by atoms with van der Waals surface area (Å²) in [5.41, 5.74) is 0.208. The fraction of sp³-hybridized carbons (Fsp3) is 0.238. The Hall–Kier alpha value is -3.07. The van der Waals surface area contributed by atoms with Crippen molar-refractivity contribution in [2.75, 3.05) is 36.1 Å². The van der Waals surface area contributed by atoms with Crippen molar-refractivity contribution < 1.29 is 32.2 Å². The van der Waals surface area contributed by atoms with Crippen molar-refractivity contribution in [2.24, 2.45) is 0 Å².